The molecule has 1 fully saturated rings. The Kier molecular flexibility index (Phi) is 12.5. The SMILES string of the molecule is CCCC[SiH](OCC)OCC.NOCC1CO1. The summed E-state index contributed by atoms with van der Waals surface area (Å²) in [6.07, 6.45) is 2.79. The van der Waals surface area contributed by atoms with E-state index in [1.54, 1.807) is 0 Å². The van der Waals surface area contributed by atoms with Crippen molar-refractivity contribution >= 4 is 9.28 Å². The van der Waals surface area contributed by atoms with Crippen LogP contribution in [0.25, 0.3) is 0 Å². The summed E-state index contributed by atoms with van der Waals surface area (Å²) < 4.78 is 15.7. The summed E-state index contributed by atoms with van der Waals surface area (Å²) in [5.74, 6) is 4.69. The van der Waals surface area contributed by atoms with Gasteiger partial charge in [0.05, 0.1) is 13.2 Å². The van der Waals surface area contributed by atoms with Gasteiger partial charge in [-0.3, -0.25) is 0 Å². The first-order valence-electron chi connectivity index (χ1n) is 6.44. The molecule has 2 N–H and O–H groups in total. The number of ether oxygens (including phenoxy) is 1. The molecule has 1 heterocycles. The minimum absolute atomic E-state index is 0.301. The highest BCUT2D eigenvalue weighted by Crippen LogP contribution is 2.06. The summed E-state index contributed by atoms with van der Waals surface area (Å²) in [7, 11) is -1.25. The van der Waals surface area contributed by atoms with Crippen LogP contribution >= 0.6 is 0 Å². The van der Waals surface area contributed by atoms with Gasteiger partial charge >= 0.3 is 9.28 Å². The van der Waals surface area contributed by atoms with Gasteiger partial charge in [-0.2, -0.15) is 0 Å². The van der Waals surface area contributed by atoms with Crippen molar-refractivity contribution < 1.29 is 18.4 Å². The van der Waals surface area contributed by atoms with Crippen molar-refractivity contribution in [3.63, 3.8) is 0 Å². The summed E-state index contributed by atoms with van der Waals surface area (Å²) in [5, 5.41) is 0. The van der Waals surface area contributed by atoms with Crippen LogP contribution in [-0.4, -0.2) is 41.8 Å². The van der Waals surface area contributed by atoms with E-state index in [9.17, 15) is 0 Å². The Labute approximate surface area is 106 Å². The molecule has 104 valence electrons. The van der Waals surface area contributed by atoms with Crippen LogP contribution in [0.2, 0.25) is 6.04 Å². The quantitative estimate of drug-likeness (QED) is 0.387. The zero-order valence-electron chi connectivity index (χ0n) is 11.3. The molecule has 1 aliphatic heterocycles. The standard InChI is InChI=1S/C8H20O2Si.C3H7NO2/c1-4-7-8-11(9-5-2)10-6-3;4-6-2-3-1-5-3/h11H,4-8H2,1-3H3;3H,1-2,4H2. The first-order valence-corrected chi connectivity index (χ1v) is 8.20. The molecule has 5 nitrogen and oxygen atoms in total. The lowest BCUT2D eigenvalue weighted by atomic mass is 10.4. The van der Waals surface area contributed by atoms with Crippen molar-refractivity contribution in [1.29, 1.82) is 0 Å². The Morgan fingerprint density at radius 1 is 1.24 bits per heavy atom. The maximum atomic E-state index is 5.50. The predicted octanol–water partition coefficient (Wildman–Crippen LogP) is 1.36. The van der Waals surface area contributed by atoms with E-state index in [0.29, 0.717) is 12.7 Å². The molecule has 1 rings (SSSR count). The number of rotatable bonds is 9. The van der Waals surface area contributed by atoms with Gasteiger partial charge in [-0.15, -0.1) is 0 Å². The van der Waals surface area contributed by atoms with E-state index in [2.05, 4.69) is 17.7 Å². The van der Waals surface area contributed by atoms with Crippen LogP contribution in [-0.2, 0) is 18.4 Å². The fourth-order valence-electron chi connectivity index (χ4n) is 1.23. The van der Waals surface area contributed by atoms with Gasteiger partial charge in [-0.1, -0.05) is 19.8 Å². The van der Waals surface area contributed by atoms with E-state index in [-0.39, 0.29) is 0 Å². The predicted molar refractivity (Wildman–Crippen MR) is 70.0 cm³/mol. The molecule has 0 amide bonds. The molecule has 0 aromatic heterocycles. The minimum Gasteiger partial charge on any atom is -0.397 e. The second-order valence-electron chi connectivity index (χ2n) is 3.77. The van der Waals surface area contributed by atoms with Crippen molar-refractivity contribution in [2.24, 2.45) is 5.90 Å². The van der Waals surface area contributed by atoms with Crippen LogP contribution in [0.1, 0.15) is 33.6 Å². The largest absolute Gasteiger partial charge is 0.397 e. The molecule has 0 radical (unpaired) electrons. The minimum atomic E-state index is -1.25. The lowest BCUT2D eigenvalue weighted by molar-refractivity contribution is 0.119. The van der Waals surface area contributed by atoms with E-state index in [1.807, 2.05) is 13.8 Å². The van der Waals surface area contributed by atoms with E-state index in [1.165, 1.54) is 12.8 Å². The molecule has 1 aliphatic rings. The maximum absolute atomic E-state index is 5.50. The van der Waals surface area contributed by atoms with Crippen molar-refractivity contribution in [2.75, 3.05) is 26.4 Å². The van der Waals surface area contributed by atoms with Gasteiger partial charge in [0.1, 0.15) is 6.10 Å². The smallest absolute Gasteiger partial charge is 0.321 e. The topological polar surface area (TPSA) is 66.2 Å². The number of unbranched alkanes of at least 4 members (excludes halogenated alkanes) is 1. The third-order valence-electron chi connectivity index (χ3n) is 2.18. The van der Waals surface area contributed by atoms with Crippen LogP contribution in [0.3, 0.4) is 0 Å². The molecule has 1 unspecified atom stereocenters. The monoisotopic (exact) mass is 265 g/mol. The normalized spacial score (nSPS) is 17.8. The first kappa shape index (κ1) is 17.0. The number of hydrogen-bond acceptors (Lipinski definition) is 5. The Hall–Kier alpha value is 0.0169. The van der Waals surface area contributed by atoms with E-state index < -0.39 is 9.28 Å². The van der Waals surface area contributed by atoms with Crippen molar-refractivity contribution in [1.82, 2.24) is 0 Å². The average molecular weight is 265 g/mol. The van der Waals surface area contributed by atoms with Crippen LogP contribution in [0.15, 0.2) is 0 Å². The maximum Gasteiger partial charge on any atom is 0.321 e. The summed E-state index contributed by atoms with van der Waals surface area (Å²) in [4.78, 5) is 4.24. The van der Waals surface area contributed by atoms with E-state index >= 15 is 0 Å². The Balaban J connectivity index is 0.000000354. The van der Waals surface area contributed by atoms with Crippen LogP contribution < -0.4 is 5.90 Å². The number of hydrogen-bond donors (Lipinski definition) is 1. The molecule has 0 aromatic carbocycles. The fourth-order valence-corrected chi connectivity index (χ4v) is 3.14. The molecular weight excluding hydrogens is 238 g/mol. The molecule has 0 aromatic rings. The summed E-state index contributed by atoms with van der Waals surface area (Å²) in [5.41, 5.74) is 0. The van der Waals surface area contributed by atoms with Gasteiger partial charge in [0, 0.05) is 13.2 Å². The summed E-state index contributed by atoms with van der Waals surface area (Å²) >= 11 is 0. The lowest BCUT2D eigenvalue weighted by Crippen LogP contribution is -2.22. The molecule has 1 saturated heterocycles. The highest BCUT2D eigenvalue weighted by Gasteiger charge is 2.21. The number of epoxide rings is 1. The van der Waals surface area contributed by atoms with Crippen molar-refractivity contribution in [2.45, 2.75) is 45.8 Å². The van der Waals surface area contributed by atoms with Crippen LogP contribution in [0, 0.1) is 0 Å². The van der Waals surface area contributed by atoms with E-state index in [4.69, 9.17) is 13.6 Å². The highest BCUT2D eigenvalue weighted by molar-refractivity contribution is 6.44. The van der Waals surface area contributed by atoms with Gasteiger partial charge in [0.15, 0.2) is 0 Å². The summed E-state index contributed by atoms with van der Waals surface area (Å²) in [6.45, 7) is 9.23. The van der Waals surface area contributed by atoms with Crippen molar-refractivity contribution in [3.8, 4) is 0 Å². The van der Waals surface area contributed by atoms with Gasteiger partial charge in [0.2, 0.25) is 0 Å². The molecule has 0 bridgehead atoms. The Bertz CT molecular complexity index is 152. The van der Waals surface area contributed by atoms with Gasteiger partial charge < -0.3 is 18.4 Å². The Morgan fingerprint density at radius 2 is 1.82 bits per heavy atom. The molecule has 0 spiro atoms. The molecule has 17 heavy (non-hydrogen) atoms. The van der Waals surface area contributed by atoms with Crippen molar-refractivity contribution in [3.05, 3.63) is 0 Å². The zero-order valence-corrected chi connectivity index (χ0v) is 12.5. The van der Waals surface area contributed by atoms with Gasteiger partial charge in [-0.25, -0.2) is 5.90 Å². The van der Waals surface area contributed by atoms with Gasteiger partial charge in [0.25, 0.3) is 0 Å². The number of nitrogens with two attached hydrogens (primary N) is 1. The molecular formula is C11H27NO4Si. The average Bonchev–Trinajstić information content (AvgIpc) is 3.12. The Morgan fingerprint density at radius 3 is 2.12 bits per heavy atom. The third kappa shape index (κ3) is 12.3. The lowest BCUT2D eigenvalue weighted by Gasteiger charge is -2.13. The van der Waals surface area contributed by atoms with Gasteiger partial charge in [-0.05, 0) is 19.9 Å². The molecule has 0 aliphatic carbocycles. The first-order chi connectivity index (χ1) is 8.28. The van der Waals surface area contributed by atoms with Crippen LogP contribution in [0.4, 0.5) is 0 Å². The highest BCUT2D eigenvalue weighted by atomic mass is 28.3. The fraction of sp³-hybridized carbons (Fsp3) is 1.00. The summed E-state index contributed by atoms with van der Waals surface area (Å²) in [6, 6.07) is 1.16. The zero-order chi connectivity index (χ0) is 12.9. The van der Waals surface area contributed by atoms with Crippen LogP contribution in [0.5, 0.6) is 0 Å². The molecule has 6 heteroatoms. The second kappa shape index (κ2) is 12.5. The molecule has 1 atom stereocenters. The molecule has 0 saturated carbocycles. The van der Waals surface area contributed by atoms with E-state index in [0.717, 1.165) is 25.9 Å². The second-order valence-corrected chi connectivity index (χ2v) is 5.87. The third-order valence-corrected chi connectivity index (χ3v) is 4.47.